The number of hydrogen-bond acceptors (Lipinski definition) is 2. The molecule has 49 heavy (non-hydrogen) atoms. The van der Waals surface area contributed by atoms with Gasteiger partial charge in [0.2, 0.25) is 0 Å². The molecule has 0 amide bonds. The Labute approximate surface area is 285 Å². The van der Waals surface area contributed by atoms with Crippen molar-refractivity contribution in [2.75, 3.05) is 4.90 Å². The third-order valence-electron chi connectivity index (χ3n) is 10.6. The fraction of sp³-hybridized carbons (Fsp3) is 0.0638. The van der Waals surface area contributed by atoms with Gasteiger partial charge >= 0.3 is 0 Å². The van der Waals surface area contributed by atoms with E-state index in [-0.39, 0.29) is 5.41 Å². The van der Waals surface area contributed by atoms with Crippen molar-refractivity contribution in [1.82, 2.24) is 0 Å². The third-order valence-corrected chi connectivity index (χ3v) is 10.6. The molecule has 9 aromatic rings. The van der Waals surface area contributed by atoms with Crippen molar-refractivity contribution in [2.24, 2.45) is 0 Å². The van der Waals surface area contributed by atoms with Crippen LogP contribution in [0.15, 0.2) is 168 Å². The van der Waals surface area contributed by atoms with Crippen molar-refractivity contribution in [1.29, 1.82) is 0 Å². The van der Waals surface area contributed by atoms with Crippen LogP contribution in [0.5, 0.6) is 0 Å². The highest BCUT2D eigenvalue weighted by atomic mass is 16.3. The zero-order valence-electron chi connectivity index (χ0n) is 27.4. The van der Waals surface area contributed by atoms with Crippen LogP contribution in [0.3, 0.4) is 0 Å². The smallest absolute Gasteiger partial charge is 0.136 e. The van der Waals surface area contributed by atoms with Gasteiger partial charge in [-0.2, -0.15) is 0 Å². The summed E-state index contributed by atoms with van der Waals surface area (Å²) in [7, 11) is 0. The maximum Gasteiger partial charge on any atom is 0.136 e. The molecule has 0 saturated carbocycles. The van der Waals surface area contributed by atoms with Gasteiger partial charge in [0.1, 0.15) is 11.2 Å². The molecular weight excluding hydrogens is 595 g/mol. The van der Waals surface area contributed by atoms with E-state index >= 15 is 0 Å². The largest absolute Gasteiger partial charge is 0.456 e. The number of nitrogens with zero attached hydrogens (tertiary/aromatic N) is 1. The maximum absolute atomic E-state index is 6.27. The van der Waals surface area contributed by atoms with Crippen LogP contribution in [0, 0.1) is 0 Å². The van der Waals surface area contributed by atoms with Crippen molar-refractivity contribution in [3.05, 3.63) is 175 Å². The number of para-hydroxylation sites is 1. The highest BCUT2D eigenvalue weighted by molar-refractivity contribution is 6.17. The first-order chi connectivity index (χ1) is 24.0. The number of furan rings is 1. The van der Waals surface area contributed by atoms with Gasteiger partial charge in [-0.25, -0.2) is 0 Å². The van der Waals surface area contributed by atoms with Crippen LogP contribution in [0.1, 0.15) is 25.0 Å². The SMILES string of the molecule is CC1(C)c2ccccc2-c2cc(N(c3cccc(-c4ccccc4)c3)c3ccc4ccc5cc6oc7ccccc7c6cc5c4c3)ccc21. The van der Waals surface area contributed by atoms with Gasteiger partial charge < -0.3 is 9.32 Å². The van der Waals surface area contributed by atoms with Gasteiger partial charge in [-0.05, 0) is 110 Å². The van der Waals surface area contributed by atoms with Crippen molar-refractivity contribution in [3.8, 4) is 22.3 Å². The quantitative estimate of drug-likeness (QED) is 0.181. The van der Waals surface area contributed by atoms with Crippen molar-refractivity contribution in [2.45, 2.75) is 19.3 Å². The summed E-state index contributed by atoms with van der Waals surface area (Å²) in [6.07, 6.45) is 0. The van der Waals surface area contributed by atoms with E-state index in [0.717, 1.165) is 39.0 Å². The molecular formula is C47H33NO. The predicted octanol–water partition coefficient (Wildman–Crippen LogP) is 13.3. The number of fused-ring (bicyclic) bond motifs is 9. The van der Waals surface area contributed by atoms with Gasteiger partial charge in [-0.3, -0.25) is 0 Å². The van der Waals surface area contributed by atoms with Crippen LogP contribution < -0.4 is 4.90 Å². The standard InChI is InChI=1S/C47H33NO/c1-47(2)43-17-8-6-15-37(43)41-28-36(23-24-44(41)47)48(34-14-10-13-32(25-34)30-11-4-3-5-12-30)35-22-21-31-19-20-33-26-46-42(29-40(33)39(31)27-35)38-16-7-9-18-45(38)49-46/h3-29H,1-2H3. The van der Waals surface area contributed by atoms with Crippen molar-refractivity contribution < 1.29 is 4.42 Å². The summed E-state index contributed by atoms with van der Waals surface area (Å²) in [5, 5.41) is 7.12. The summed E-state index contributed by atoms with van der Waals surface area (Å²) in [5.41, 5.74) is 13.0. The number of hydrogen-bond donors (Lipinski definition) is 0. The summed E-state index contributed by atoms with van der Waals surface area (Å²) < 4.78 is 6.27. The summed E-state index contributed by atoms with van der Waals surface area (Å²) in [5.74, 6) is 0. The molecule has 0 atom stereocenters. The van der Waals surface area contributed by atoms with E-state index in [0.29, 0.717) is 0 Å². The topological polar surface area (TPSA) is 16.4 Å². The minimum absolute atomic E-state index is 0.0486. The van der Waals surface area contributed by atoms with E-state index in [1.165, 1.54) is 54.9 Å². The Kier molecular flexibility index (Phi) is 5.95. The first-order valence-corrected chi connectivity index (χ1v) is 17.0. The number of rotatable bonds is 4. The Morgan fingerprint density at radius 3 is 2.00 bits per heavy atom. The second-order valence-electron chi connectivity index (χ2n) is 13.8. The molecule has 1 heterocycles. The van der Waals surface area contributed by atoms with E-state index in [4.69, 9.17) is 4.42 Å². The summed E-state index contributed by atoms with van der Waals surface area (Å²) in [6, 6.07) is 59.6. The lowest BCUT2D eigenvalue weighted by Gasteiger charge is -2.28. The monoisotopic (exact) mass is 627 g/mol. The van der Waals surface area contributed by atoms with Gasteiger partial charge in [-0.1, -0.05) is 123 Å². The summed E-state index contributed by atoms with van der Waals surface area (Å²) in [4.78, 5) is 2.42. The molecule has 0 spiro atoms. The van der Waals surface area contributed by atoms with Gasteiger partial charge in [0.25, 0.3) is 0 Å². The van der Waals surface area contributed by atoms with Crippen LogP contribution in [0.25, 0.3) is 65.7 Å². The van der Waals surface area contributed by atoms with Gasteiger partial charge in [0, 0.05) is 33.2 Å². The second kappa shape index (κ2) is 10.4. The number of anilines is 3. The molecule has 0 N–H and O–H groups in total. The zero-order chi connectivity index (χ0) is 32.7. The minimum atomic E-state index is -0.0486. The van der Waals surface area contributed by atoms with E-state index < -0.39 is 0 Å². The van der Waals surface area contributed by atoms with Gasteiger partial charge in [-0.15, -0.1) is 0 Å². The molecule has 232 valence electrons. The van der Waals surface area contributed by atoms with Crippen LogP contribution in [0.4, 0.5) is 17.1 Å². The van der Waals surface area contributed by atoms with Crippen molar-refractivity contribution >= 4 is 60.5 Å². The minimum Gasteiger partial charge on any atom is -0.456 e. The van der Waals surface area contributed by atoms with Gasteiger partial charge in [0.05, 0.1) is 0 Å². The molecule has 1 aliphatic rings. The third kappa shape index (κ3) is 4.27. The molecule has 0 fully saturated rings. The molecule has 1 aliphatic carbocycles. The highest BCUT2D eigenvalue weighted by Crippen LogP contribution is 2.51. The van der Waals surface area contributed by atoms with Crippen LogP contribution in [-0.2, 0) is 5.41 Å². The first-order valence-electron chi connectivity index (χ1n) is 17.0. The van der Waals surface area contributed by atoms with Crippen LogP contribution in [-0.4, -0.2) is 0 Å². The van der Waals surface area contributed by atoms with E-state index in [9.17, 15) is 0 Å². The lowest BCUT2D eigenvalue weighted by molar-refractivity contribution is 0.660. The molecule has 0 unspecified atom stereocenters. The van der Waals surface area contributed by atoms with E-state index in [1.807, 2.05) is 12.1 Å². The Bertz CT molecular complexity index is 2750. The average Bonchev–Trinajstić information content (AvgIpc) is 3.62. The first kappa shape index (κ1) is 27.9. The van der Waals surface area contributed by atoms with E-state index in [1.54, 1.807) is 0 Å². The highest BCUT2D eigenvalue weighted by Gasteiger charge is 2.35. The second-order valence-corrected chi connectivity index (χ2v) is 13.8. The maximum atomic E-state index is 6.27. The molecule has 2 heteroatoms. The molecule has 0 bridgehead atoms. The Balaban J connectivity index is 1.21. The summed E-state index contributed by atoms with van der Waals surface area (Å²) in [6.45, 7) is 4.68. The summed E-state index contributed by atoms with van der Waals surface area (Å²) >= 11 is 0. The lowest BCUT2D eigenvalue weighted by atomic mass is 9.82. The number of benzene rings is 8. The predicted molar refractivity (Wildman–Crippen MR) is 206 cm³/mol. The average molecular weight is 628 g/mol. The van der Waals surface area contributed by atoms with Crippen molar-refractivity contribution in [3.63, 3.8) is 0 Å². The van der Waals surface area contributed by atoms with Crippen LogP contribution >= 0.6 is 0 Å². The fourth-order valence-electron chi connectivity index (χ4n) is 8.15. The Morgan fingerprint density at radius 1 is 0.408 bits per heavy atom. The Morgan fingerprint density at radius 2 is 1.08 bits per heavy atom. The molecule has 8 aromatic carbocycles. The van der Waals surface area contributed by atoms with E-state index in [2.05, 4.69) is 170 Å². The molecule has 0 saturated heterocycles. The Hall–Kier alpha value is -6.12. The van der Waals surface area contributed by atoms with Crippen LogP contribution in [0.2, 0.25) is 0 Å². The molecule has 0 radical (unpaired) electrons. The normalized spacial score (nSPS) is 13.3. The molecule has 1 aromatic heterocycles. The molecule has 10 rings (SSSR count). The van der Waals surface area contributed by atoms with Gasteiger partial charge in [0.15, 0.2) is 0 Å². The lowest BCUT2D eigenvalue weighted by Crippen LogP contribution is -2.15. The molecule has 2 nitrogen and oxygen atoms in total. The molecule has 0 aliphatic heterocycles. The zero-order valence-corrected chi connectivity index (χ0v) is 27.4. The fourth-order valence-corrected chi connectivity index (χ4v) is 8.15.